The fraction of sp³-hybridized carbons (Fsp3) is 0.742. The molecule has 228 valence electrons. The summed E-state index contributed by atoms with van der Waals surface area (Å²) < 4.78 is 17.2. The molecule has 10 unspecified atom stereocenters. The summed E-state index contributed by atoms with van der Waals surface area (Å²) in [5.41, 5.74) is -0.628. The summed E-state index contributed by atoms with van der Waals surface area (Å²) in [5.74, 6) is -0.442. The Morgan fingerprint density at radius 3 is 2.60 bits per heavy atom. The van der Waals surface area contributed by atoms with E-state index in [2.05, 4.69) is 13.0 Å². The van der Waals surface area contributed by atoms with Gasteiger partial charge in [0.1, 0.15) is 11.7 Å². The highest BCUT2D eigenvalue weighted by molar-refractivity contribution is 5.70. The predicted octanol–water partition coefficient (Wildman–Crippen LogP) is 4.16. The summed E-state index contributed by atoms with van der Waals surface area (Å²) in [4.78, 5) is 26.2. The zero-order chi connectivity index (χ0) is 30.2. The van der Waals surface area contributed by atoms with Gasteiger partial charge in [-0.05, 0) is 57.1 Å². The van der Waals surface area contributed by atoms with Crippen LogP contribution in [0.3, 0.4) is 0 Å². The summed E-state index contributed by atoms with van der Waals surface area (Å²) in [6.07, 6.45) is 7.76. The summed E-state index contributed by atoms with van der Waals surface area (Å²) in [5, 5.41) is 31.6. The molecular weight excluding hydrogens is 514 g/mol. The number of nitrogens with zero attached hydrogens (tertiary/aromatic N) is 1. The number of cyclic esters (lactones) is 1. The second-order valence-electron chi connectivity index (χ2n) is 12.1. The van der Waals surface area contributed by atoms with Crippen molar-refractivity contribution in [2.24, 2.45) is 17.8 Å². The second kappa shape index (κ2) is 15.1. The molecule has 2 aliphatic rings. The molecule has 40 heavy (non-hydrogen) atoms. The lowest BCUT2D eigenvalue weighted by molar-refractivity contribution is -0.151. The van der Waals surface area contributed by atoms with Gasteiger partial charge >= 0.3 is 12.1 Å². The highest BCUT2D eigenvalue weighted by Crippen LogP contribution is 2.36. The minimum atomic E-state index is -1.44. The quantitative estimate of drug-likeness (QED) is 0.165. The molecule has 1 fully saturated rings. The Labute approximate surface area is 239 Å². The summed E-state index contributed by atoms with van der Waals surface area (Å²) >= 11 is 0. The Balaban J connectivity index is 2.16. The summed E-state index contributed by atoms with van der Waals surface area (Å²) in [7, 11) is 3.13. The molecule has 9 nitrogen and oxygen atoms in total. The normalized spacial score (nSPS) is 35.1. The number of hydrogen-bond donors (Lipinski definition) is 3. The minimum Gasteiger partial charge on any atom is -0.457 e. The molecule has 0 aromatic heterocycles. The lowest BCUT2D eigenvalue weighted by Gasteiger charge is -2.33. The van der Waals surface area contributed by atoms with E-state index in [9.17, 15) is 24.9 Å². The maximum Gasteiger partial charge on any atom is 0.409 e. The average molecular weight is 566 g/mol. The van der Waals surface area contributed by atoms with E-state index in [4.69, 9.17) is 14.2 Å². The van der Waals surface area contributed by atoms with Gasteiger partial charge in [-0.1, -0.05) is 52.0 Å². The van der Waals surface area contributed by atoms with E-state index in [1.807, 2.05) is 39.8 Å². The van der Waals surface area contributed by atoms with Gasteiger partial charge in [0, 0.05) is 25.9 Å². The molecule has 0 aromatic carbocycles. The molecule has 0 bridgehead atoms. The molecule has 9 heteroatoms. The molecule has 10 atom stereocenters. The Hall–Kier alpha value is -2.20. The molecule has 1 saturated heterocycles. The first-order valence-corrected chi connectivity index (χ1v) is 14.5. The van der Waals surface area contributed by atoms with E-state index >= 15 is 0 Å². The van der Waals surface area contributed by atoms with Crippen molar-refractivity contribution in [3.05, 3.63) is 36.0 Å². The zero-order valence-electron chi connectivity index (χ0n) is 25.4. The van der Waals surface area contributed by atoms with Gasteiger partial charge in [0.05, 0.1) is 30.8 Å². The number of ether oxygens (including phenoxy) is 3. The Bertz CT molecular complexity index is 926. The monoisotopic (exact) mass is 565 g/mol. The lowest BCUT2D eigenvalue weighted by atomic mass is 9.88. The number of carbonyl (C=O) groups excluding carboxylic acids is 2. The number of aliphatic hydroxyl groups excluding tert-OH is 2. The van der Waals surface area contributed by atoms with E-state index in [0.717, 1.165) is 12.0 Å². The van der Waals surface area contributed by atoms with Crippen molar-refractivity contribution in [2.75, 3.05) is 14.1 Å². The molecule has 0 spiro atoms. The summed E-state index contributed by atoms with van der Waals surface area (Å²) in [6.45, 7) is 11.4. The molecule has 3 N–H and O–H groups in total. The van der Waals surface area contributed by atoms with Gasteiger partial charge in [-0.3, -0.25) is 4.79 Å². The molecule has 0 aromatic rings. The van der Waals surface area contributed by atoms with Gasteiger partial charge in [0.15, 0.2) is 6.10 Å². The van der Waals surface area contributed by atoms with Crippen LogP contribution in [0.1, 0.15) is 73.6 Å². The topological polar surface area (TPSA) is 129 Å². The number of hydrogen-bond acceptors (Lipinski definition) is 8. The van der Waals surface area contributed by atoms with Crippen LogP contribution in [-0.4, -0.2) is 88.6 Å². The van der Waals surface area contributed by atoms with Crippen LogP contribution in [0.4, 0.5) is 4.79 Å². The number of esters is 1. The van der Waals surface area contributed by atoms with E-state index in [0.29, 0.717) is 6.42 Å². The fourth-order valence-corrected chi connectivity index (χ4v) is 5.00. The van der Waals surface area contributed by atoms with Crippen LogP contribution in [0.15, 0.2) is 36.0 Å². The summed E-state index contributed by atoms with van der Waals surface area (Å²) in [6, 6.07) is 0. The highest BCUT2D eigenvalue weighted by Gasteiger charge is 2.45. The van der Waals surface area contributed by atoms with Crippen molar-refractivity contribution in [3.8, 4) is 0 Å². The highest BCUT2D eigenvalue weighted by atomic mass is 16.6. The van der Waals surface area contributed by atoms with E-state index in [1.165, 1.54) is 4.90 Å². The van der Waals surface area contributed by atoms with Crippen molar-refractivity contribution in [1.82, 2.24) is 4.90 Å². The lowest BCUT2D eigenvalue weighted by Crippen LogP contribution is -2.44. The van der Waals surface area contributed by atoms with Gasteiger partial charge < -0.3 is 34.4 Å². The number of allylic oxidation sites excluding steroid dienone is 3. The first-order valence-electron chi connectivity index (χ1n) is 14.5. The molecule has 0 saturated carbocycles. The van der Waals surface area contributed by atoms with Crippen molar-refractivity contribution >= 4 is 12.1 Å². The van der Waals surface area contributed by atoms with Gasteiger partial charge in [0.25, 0.3) is 0 Å². The molecule has 2 rings (SSSR count). The van der Waals surface area contributed by atoms with Crippen molar-refractivity contribution in [3.63, 3.8) is 0 Å². The molecular formula is C31H51NO8. The maximum absolute atomic E-state index is 12.7. The van der Waals surface area contributed by atoms with Gasteiger partial charge in [-0.25, -0.2) is 4.79 Å². The molecule has 0 radical (unpaired) electrons. The largest absolute Gasteiger partial charge is 0.457 e. The number of rotatable bonds is 9. The predicted molar refractivity (Wildman–Crippen MR) is 153 cm³/mol. The molecule has 2 heterocycles. The van der Waals surface area contributed by atoms with Gasteiger partial charge in [-0.15, -0.1) is 0 Å². The number of epoxide rings is 1. The maximum atomic E-state index is 12.7. The Kier molecular flexibility index (Phi) is 12.9. The van der Waals surface area contributed by atoms with Crippen molar-refractivity contribution in [1.29, 1.82) is 0 Å². The number of carbonyl (C=O) groups is 2. The van der Waals surface area contributed by atoms with Crippen LogP contribution in [0.2, 0.25) is 0 Å². The fourth-order valence-electron chi connectivity index (χ4n) is 5.00. The van der Waals surface area contributed by atoms with Crippen molar-refractivity contribution < 1.29 is 39.1 Å². The van der Waals surface area contributed by atoms with E-state index < -0.39 is 36.0 Å². The van der Waals surface area contributed by atoms with Crippen LogP contribution >= 0.6 is 0 Å². The van der Waals surface area contributed by atoms with Gasteiger partial charge in [0.2, 0.25) is 0 Å². The molecule has 1 amide bonds. The van der Waals surface area contributed by atoms with Crippen LogP contribution < -0.4 is 0 Å². The van der Waals surface area contributed by atoms with E-state index in [1.54, 1.807) is 33.2 Å². The van der Waals surface area contributed by atoms with Crippen LogP contribution in [-0.2, 0) is 19.0 Å². The Morgan fingerprint density at radius 1 is 1.30 bits per heavy atom. The first kappa shape index (κ1) is 34.0. The average Bonchev–Trinajstić information content (AvgIpc) is 3.65. The number of amides is 1. The third-order valence-corrected chi connectivity index (χ3v) is 7.93. The molecule has 0 aliphatic carbocycles. The third-order valence-electron chi connectivity index (χ3n) is 7.93. The van der Waals surface area contributed by atoms with Crippen LogP contribution in [0.5, 0.6) is 0 Å². The third kappa shape index (κ3) is 10.3. The molecule has 2 aliphatic heterocycles. The standard InChI is InChI=1S/C31H51NO8/c1-9-24(34)22(5)29-25(38-29)17-19(2)11-10-12-20(3)28-21(4)13-14-26(39-30(36)32(7)8)31(6,37)16-15-23(33)18-27(35)40-28/h10-14,19,21-26,28-29,33-34,37H,9,15-18H2,1-8H3/b11-10+,14-13-,20-12+. The van der Waals surface area contributed by atoms with Gasteiger partial charge in [-0.2, -0.15) is 0 Å². The first-order chi connectivity index (χ1) is 18.7. The Morgan fingerprint density at radius 2 is 1.98 bits per heavy atom. The van der Waals surface area contributed by atoms with E-state index in [-0.39, 0.29) is 55.3 Å². The van der Waals surface area contributed by atoms with Crippen molar-refractivity contribution in [2.45, 2.75) is 116 Å². The second-order valence-corrected chi connectivity index (χ2v) is 12.1. The zero-order valence-corrected chi connectivity index (χ0v) is 25.4. The smallest absolute Gasteiger partial charge is 0.409 e. The number of aliphatic hydroxyl groups is 3. The van der Waals surface area contributed by atoms with Crippen LogP contribution in [0.25, 0.3) is 0 Å². The SMILES string of the molecule is CCC(O)C(C)C1OC1CC(C)/C=C/C=C(\C)C1OC(=O)CC(O)CCC(C)(O)C(OC(=O)N(C)C)/C=C\C1C. The van der Waals surface area contributed by atoms with Crippen LogP contribution in [0, 0.1) is 17.8 Å². The minimum absolute atomic E-state index is 0.100.